The number of rotatable bonds is 1. The van der Waals surface area contributed by atoms with E-state index >= 15 is 0 Å². The van der Waals surface area contributed by atoms with Crippen molar-refractivity contribution in [3.63, 3.8) is 0 Å². The average Bonchev–Trinajstić information content (AvgIpc) is 2.27. The molecule has 0 aliphatic carbocycles. The highest BCUT2D eigenvalue weighted by atomic mass is 128. The topological polar surface area (TPSA) is 38.0 Å². The first-order chi connectivity index (χ1) is 7.00. The maximum absolute atomic E-state index is 6.00. The second-order valence-corrected chi connectivity index (χ2v) is 3.54. The lowest BCUT2D eigenvalue weighted by Crippen LogP contribution is -2.04. The summed E-state index contributed by atoms with van der Waals surface area (Å²) < 4.78 is 0. The van der Waals surface area contributed by atoms with E-state index in [0.717, 1.165) is 11.4 Å². The predicted molar refractivity (Wildman–Crippen MR) is 87.4 cm³/mol. The lowest BCUT2D eigenvalue weighted by Gasteiger charge is -2.17. The van der Waals surface area contributed by atoms with E-state index in [1.54, 1.807) is 0 Å². The summed E-state index contributed by atoms with van der Waals surface area (Å²) in [5.74, 6) is 0. The van der Waals surface area contributed by atoms with Crippen molar-refractivity contribution in [3.05, 3.63) is 22.3 Å². The molecule has 0 bridgehead atoms. The lowest BCUT2D eigenvalue weighted by atomic mass is 9.96. The first kappa shape index (κ1) is 15.3. The molecule has 0 amide bonds. The number of nitrogens with one attached hydrogen (secondary N) is 1. The third kappa shape index (κ3) is 3.12. The Kier molecular flexibility index (Phi) is 6.90. The number of benzene rings is 1. The summed E-state index contributed by atoms with van der Waals surface area (Å²) in [7, 11) is 1.91. The molecule has 0 saturated heterocycles. The van der Waals surface area contributed by atoms with Gasteiger partial charge in [0.1, 0.15) is 0 Å². The standard InChI is InChI=1S/C11H18N2.I2/c1-6-7(2)9(4)11(13-5)10(12)8(6)3;1-2/h13H,12H2,1-5H3;. The normalized spacial score (nSPS) is 9.27. The maximum atomic E-state index is 6.00. The van der Waals surface area contributed by atoms with Crippen molar-refractivity contribution < 1.29 is 0 Å². The molecule has 0 atom stereocenters. The highest BCUT2D eigenvalue weighted by Gasteiger charge is 2.10. The summed E-state index contributed by atoms with van der Waals surface area (Å²) in [6.07, 6.45) is 0. The van der Waals surface area contributed by atoms with Gasteiger partial charge in [-0.25, -0.2) is 0 Å². The van der Waals surface area contributed by atoms with Gasteiger partial charge in [-0.2, -0.15) is 0 Å². The second kappa shape index (κ2) is 6.78. The molecule has 0 aliphatic heterocycles. The van der Waals surface area contributed by atoms with Crippen LogP contribution >= 0.6 is 37.2 Å². The predicted octanol–water partition coefficient (Wildman–Crippen LogP) is 4.32. The Morgan fingerprint density at radius 3 is 1.67 bits per heavy atom. The number of halogens is 2. The van der Waals surface area contributed by atoms with Gasteiger partial charge in [0, 0.05) is 44.3 Å². The Bertz CT molecular complexity index is 320. The third-order valence-electron chi connectivity index (χ3n) is 2.99. The van der Waals surface area contributed by atoms with E-state index in [4.69, 9.17) is 5.73 Å². The quantitative estimate of drug-likeness (QED) is 0.513. The zero-order valence-electron chi connectivity index (χ0n) is 9.83. The van der Waals surface area contributed by atoms with Gasteiger partial charge in [0.2, 0.25) is 0 Å². The van der Waals surface area contributed by atoms with Gasteiger partial charge in [-0.05, 0) is 49.9 Å². The van der Waals surface area contributed by atoms with E-state index < -0.39 is 0 Å². The summed E-state index contributed by atoms with van der Waals surface area (Å²) >= 11 is 4.24. The molecule has 0 saturated carbocycles. The summed E-state index contributed by atoms with van der Waals surface area (Å²) in [6, 6.07) is 0. The molecule has 0 aromatic heterocycles. The molecular weight excluding hydrogens is 414 g/mol. The molecule has 1 aromatic rings. The molecule has 4 heteroatoms. The van der Waals surface area contributed by atoms with Gasteiger partial charge in [0.25, 0.3) is 0 Å². The molecule has 2 nitrogen and oxygen atoms in total. The van der Waals surface area contributed by atoms with Crippen LogP contribution in [0.2, 0.25) is 0 Å². The highest BCUT2D eigenvalue weighted by molar-refractivity contribution is 15.0. The maximum Gasteiger partial charge on any atom is 0.0606 e. The molecule has 0 radical (unpaired) electrons. The first-order valence-electron chi connectivity index (χ1n) is 4.68. The summed E-state index contributed by atoms with van der Waals surface area (Å²) in [5.41, 5.74) is 13.0. The zero-order valence-corrected chi connectivity index (χ0v) is 14.1. The molecule has 0 unspecified atom stereocenters. The van der Waals surface area contributed by atoms with Crippen LogP contribution in [-0.2, 0) is 0 Å². The minimum Gasteiger partial charge on any atom is -0.397 e. The smallest absolute Gasteiger partial charge is 0.0606 e. The van der Waals surface area contributed by atoms with E-state index in [2.05, 4.69) is 70.2 Å². The van der Waals surface area contributed by atoms with Gasteiger partial charge in [0.05, 0.1) is 11.4 Å². The summed E-state index contributed by atoms with van der Waals surface area (Å²) in [6.45, 7) is 8.42. The Labute approximate surface area is 116 Å². The van der Waals surface area contributed by atoms with E-state index in [1.165, 1.54) is 22.3 Å². The van der Waals surface area contributed by atoms with Crippen LogP contribution in [0.3, 0.4) is 0 Å². The van der Waals surface area contributed by atoms with Crippen molar-refractivity contribution in [3.8, 4) is 0 Å². The second-order valence-electron chi connectivity index (χ2n) is 3.54. The fourth-order valence-corrected chi connectivity index (χ4v) is 1.66. The molecular formula is C11H18I2N2. The van der Waals surface area contributed by atoms with Crippen molar-refractivity contribution in [1.29, 1.82) is 0 Å². The van der Waals surface area contributed by atoms with Crippen molar-refractivity contribution in [2.24, 2.45) is 0 Å². The number of nitrogens with two attached hydrogens (primary N) is 1. The van der Waals surface area contributed by atoms with E-state index in [-0.39, 0.29) is 0 Å². The number of hydrogen-bond donors (Lipinski definition) is 2. The van der Waals surface area contributed by atoms with Crippen LogP contribution in [0.5, 0.6) is 0 Å². The molecule has 0 fully saturated rings. The first-order valence-corrected chi connectivity index (χ1v) is 11.0. The molecule has 86 valence electrons. The van der Waals surface area contributed by atoms with Crippen LogP contribution in [-0.4, -0.2) is 7.05 Å². The fourth-order valence-electron chi connectivity index (χ4n) is 1.66. The zero-order chi connectivity index (χ0) is 12.2. The molecule has 0 aliphatic rings. The van der Waals surface area contributed by atoms with Gasteiger partial charge in [-0.1, -0.05) is 0 Å². The molecule has 0 spiro atoms. The minimum absolute atomic E-state index is 0.878. The van der Waals surface area contributed by atoms with Crippen molar-refractivity contribution in [2.45, 2.75) is 27.7 Å². The molecule has 1 rings (SSSR count). The average molecular weight is 432 g/mol. The van der Waals surface area contributed by atoms with Gasteiger partial charge in [-0.3, -0.25) is 0 Å². The van der Waals surface area contributed by atoms with Gasteiger partial charge >= 0.3 is 0 Å². The molecule has 1 aromatic carbocycles. The Hall–Kier alpha value is 0.280. The van der Waals surface area contributed by atoms with E-state index in [1.807, 2.05) is 7.05 Å². The minimum atomic E-state index is 0.878. The summed E-state index contributed by atoms with van der Waals surface area (Å²) in [4.78, 5) is 0. The van der Waals surface area contributed by atoms with Gasteiger partial charge in [-0.15, -0.1) is 0 Å². The van der Waals surface area contributed by atoms with Crippen LogP contribution in [0.25, 0.3) is 0 Å². The highest BCUT2D eigenvalue weighted by Crippen LogP contribution is 2.32. The van der Waals surface area contributed by atoms with Crippen LogP contribution < -0.4 is 11.1 Å². The molecule has 0 heterocycles. The van der Waals surface area contributed by atoms with E-state index in [9.17, 15) is 0 Å². The summed E-state index contributed by atoms with van der Waals surface area (Å²) in [5, 5.41) is 3.15. The largest absolute Gasteiger partial charge is 0.397 e. The number of hydrogen-bond acceptors (Lipinski definition) is 2. The van der Waals surface area contributed by atoms with Crippen LogP contribution in [0.15, 0.2) is 0 Å². The van der Waals surface area contributed by atoms with Gasteiger partial charge < -0.3 is 11.1 Å². The van der Waals surface area contributed by atoms with Gasteiger partial charge in [0.15, 0.2) is 0 Å². The lowest BCUT2D eigenvalue weighted by molar-refractivity contribution is 1.21. The van der Waals surface area contributed by atoms with Crippen molar-refractivity contribution in [2.75, 3.05) is 18.1 Å². The fraction of sp³-hybridized carbons (Fsp3) is 0.455. The van der Waals surface area contributed by atoms with Crippen LogP contribution in [0.4, 0.5) is 11.4 Å². The number of nitrogen functional groups attached to an aromatic ring is 1. The Balaban J connectivity index is 0.000000921. The SMILES string of the molecule is CNc1c(C)c(C)c(C)c(C)c1N.II. The van der Waals surface area contributed by atoms with Crippen molar-refractivity contribution in [1.82, 2.24) is 0 Å². The molecule has 3 N–H and O–H groups in total. The van der Waals surface area contributed by atoms with Crippen LogP contribution in [0, 0.1) is 27.7 Å². The van der Waals surface area contributed by atoms with Crippen molar-refractivity contribution >= 4 is 48.6 Å². The van der Waals surface area contributed by atoms with E-state index in [0.29, 0.717) is 0 Å². The number of anilines is 2. The monoisotopic (exact) mass is 432 g/mol. The third-order valence-corrected chi connectivity index (χ3v) is 2.99. The molecule has 15 heavy (non-hydrogen) atoms. The Morgan fingerprint density at radius 2 is 1.27 bits per heavy atom. The van der Waals surface area contributed by atoms with Crippen LogP contribution in [0.1, 0.15) is 22.3 Å². The Morgan fingerprint density at radius 1 is 0.867 bits per heavy atom.